The molecule has 2 aliphatic rings. The van der Waals surface area contributed by atoms with Gasteiger partial charge in [-0.05, 0) is 25.2 Å². The second kappa shape index (κ2) is 6.38. The Kier molecular flexibility index (Phi) is 4.17. The van der Waals surface area contributed by atoms with Crippen molar-refractivity contribution in [1.82, 2.24) is 19.2 Å². The fourth-order valence-corrected chi connectivity index (χ4v) is 4.66. The Morgan fingerprint density at radius 3 is 2.92 bits per heavy atom. The van der Waals surface area contributed by atoms with Gasteiger partial charge >= 0.3 is 0 Å². The van der Waals surface area contributed by atoms with Crippen LogP contribution in [0.15, 0.2) is 35.5 Å². The monoisotopic (exact) mass is 377 g/mol. The number of sulfonamides is 1. The number of H-pyrrole nitrogens is 1. The maximum absolute atomic E-state index is 13.1. The predicted molar refractivity (Wildman–Crippen MR) is 93.3 cm³/mol. The number of hydrogen-bond acceptors (Lipinski definition) is 6. The summed E-state index contributed by atoms with van der Waals surface area (Å²) in [5.41, 5.74) is 0.374. The molecule has 1 fully saturated rings. The number of piperazine rings is 1. The minimum Gasteiger partial charge on any atom is -0.482 e. The van der Waals surface area contributed by atoms with Crippen molar-refractivity contribution in [3.05, 3.63) is 36.4 Å². The van der Waals surface area contributed by atoms with Crippen LogP contribution in [0.25, 0.3) is 0 Å². The van der Waals surface area contributed by atoms with E-state index in [1.54, 1.807) is 18.5 Å². The summed E-state index contributed by atoms with van der Waals surface area (Å²) in [5, 5.41) is 2.64. The molecule has 0 spiro atoms. The van der Waals surface area contributed by atoms with Crippen LogP contribution in [0, 0.1) is 0 Å². The van der Waals surface area contributed by atoms with Gasteiger partial charge in [0.1, 0.15) is 11.6 Å². The summed E-state index contributed by atoms with van der Waals surface area (Å²) in [6.07, 6.45) is 3.38. The summed E-state index contributed by atoms with van der Waals surface area (Å²) >= 11 is 0. The average Bonchev–Trinajstić information content (AvgIpc) is 3.15. The van der Waals surface area contributed by atoms with Gasteiger partial charge in [-0.1, -0.05) is 0 Å². The molecule has 1 aromatic carbocycles. The Hall–Kier alpha value is -2.43. The first-order valence-corrected chi connectivity index (χ1v) is 9.65. The van der Waals surface area contributed by atoms with Crippen LogP contribution in [0.5, 0.6) is 5.75 Å². The number of aromatic nitrogens is 2. The number of aromatic amines is 1. The second-order valence-electron chi connectivity index (χ2n) is 6.33. The van der Waals surface area contributed by atoms with Crippen molar-refractivity contribution in [2.75, 3.05) is 38.6 Å². The number of nitrogens with one attached hydrogen (secondary N) is 2. The summed E-state index contributed by atoms with van der Waals surface area (Å²) in [7, 11) is -1.75. The molecule has 1 amide bonds. The molecular formula is C16H19N5O4S. The maximum Gasteiger partial charge on any atom is 0.262 e. The number of likely N-dealkylation sites (N-methyl/N-ethyl adjacent to an activating group) is 1. The molecule has 1 saturated heterocycles. The summed E-state index contributed by atoms with van der Waals surface area (Å²) < 4.78 is 32.9. The first-order valence-electron chi connectivity index (χ1n) is 8.21. The van der Waals surface area contributed by atoms with E-state index in [2.05, 4.69) is 20.2 Å². The van der Waals surface area contributed by atoms with Crippen LogP contribution in [0.3, 0.4) is 0 Å². The Morgan fingerprint density at radius 1 is 1.31 bits per heavy atom. The van der Waals surface area contributed by atoms with E-state index >= 15 is 0 Å². The van der Waals surface area contributed by atoms with E-state index in [1.807, 2.05) is 7.05 Å². The number of rotatable bonds is 3. The molecule has 9 nitrogen and oxygen atoms in total. The first-order chi connectivity index (χ1) is 12.4. The largest absolute Gasteiger partial charge is 0.482 e. The Morgan fingerprint density at radius 2 is 2.15 bits per heavy atom. The van der Waals surface area contributed by atoms with Crippen molar-refractivity contribution >= 4 is 21.6 Å². The van der Waals surface area contributed by atoms with Crippen molar-refractivity contribution in [3.8, 4) is 5.75 Å². The number of nitrogens with zero attached hydrogens (tertiary/aromatic N) is 3. The molecule has 2 N–H and O–H groups in total. The summed E-state index contributed by atoms with van der Waals surface area (Å²) in [4.78, 5) is 21.0. The maximum atomic E-state index is 13.1. The van der Waals surface area contributed by atoms with Crippen LogP contribution in [0.1, 0.15) is 11.9 Å². The number of fused-ring (bicyclic) bond motifs is 1. The molecule has 10 heteroatoms. The summed E-state index contributed by atoms with van der Waals surface area (Å²) in [6.45, 7) is 1.21. The lowest BCUT2D eigenvalue weighted by molar-refractivity contribution is -0.118. The van der Waals surface area contributed by atoms with Gasteiger partial charge in [0, 0.05) is 32.0 Å². The molecule has 0 radical (unpaired) electrons. The summed E-state index contributed by atoms with van der Waals surface area (Å²) in [6, 6.07) is 4.38. The van der Waals surface area contributed by atoms with Gasteiger partial charge in [0.15, 0.2) is 6.61 Å². The van der Waals surface area contributed by atoms with Crippen molar-refractivity contribution in [2.45, 2.75) is 10.9 Å². The Labute approximate surface area is 151 Å². The molecule has 0 unspecified atom stereocenters. The highest BCUT2D eigenvalue weighted by Gasteiger charge is 2.35. The number of imidazole rings is 1. The third-order valence-electron chi connectivity index (χ3n) is 4.67. The highest BCUT2D eigenvalue weighted by atomic mass is 32.2. The standard InChI is InChI=1S/C16H19N5O4S/c1-20-6-7-21(9-13(20)16-17-4-5-18-16)26(23,24)11-2-3-14-12(8-11)19-15(22)10-25-14/h2-5,8,13H,6-7,9-10H2,1H3,(H,17,18)(H,19,22)/t13-/m0/s1. The lowest BCUT2D eigenvalue weighted by Gasteiger charge is -2.37. The van der Waals surface area contributed by atoms with Crippen LogP contribution in [-0.2, 0) is 14.8 Å². The Balaban J connectivity index is 1.62. The quantitative estimate of drug-likeness (QED) is 0.803. The minimum atomic E-state index is -3.70. The van der Waals surface area contributed by atoms with Gasteiger partial charge in [0.2, 0.25) is 10.0 Å². The fraction of sp³-hybridized carbons (Fsp3) is 0.375. The number of anilines is 1. The Bertz CT molecular complexity index is 928. The molecule has 26 heavy (non-hydrogen) atoms. The van der Waals surface area contributed by atoms with E-state index in [9.17, 15) is 13.2 Å². The molecule has 1 aromatic heterocycles. The molecule has 2 aliphatic heterocycles. The van der Waals surface area contributed by atoms with Crippen molar-refractivity contribution in [3.63, 3.8) is 0 Å². The topological polar surface area (TPSA) is 108 Å². The van der Waals surface area contributed by atoms with Crippen LogP contribution in [0.2, 0.25) is 0 Å². The minimum absolute atomic E-state index is 0.0671. The van der Waals surface area contributed by atoms with E-state index in [0.29, 0.717) is 31.1 Å². The van der Waals surface area contributed by atoms with E-state index < -0.39 is 10.0 Å². The third kappa shape index (κ3) is 2.96. The van der Waals surface area contributed by atoms with Gasteiger partial charge in [-0.15, -0.1) is 0 Å². The van der Waals surface area contributed by atoms with Crippen molar-refractivity contribution in [1.29, 1.82) is 0 Å². The SMILES string of the molecule is CN1CCN(S(=O)(=O)c2ccc3c(c2)NC(=O)CO3)C[C@H]1c1ncc[nH]1. The van der Waals surface area contributed by atoms with Gasteiger partial charge in [0.05, 0.1) is 16.6 Å². The van der Waals surface area contributed by atoms with Gasteiger partial charge in [-0.2, -0.15) is 4.31 Å². The van der Waals surface area contributed by atoms with E-state index in [0.717, 1.165) is 5.82 Å². The highest BCUT2D eigenvalue weighted by Crippen LogP contribution is 2.32. The normalized spacial score (nSPS) is 21.7. The second-order valence-corrected chi connectivity index (χ2v) is 8.27. The zero-order chi connectivity index (χ0) is 18.3. The zero-order valence-electron chi connectivity index (χ0n) is 14.2. The smallest absolute Gasteiger partial charge is 0.262 e. The van der Waals surface area contributed by atoms with Gasteiger partial charge in [0.25, 0.3) is 5.91 Å². The molecule has 0 bridgehead atoms. The number of carbonyl (C=O) groups is 1. The number of carbonyl (C=O) groups excluding carboxylic acids is 1. The highest BCUT2D eigenvalue weighted by molar-refractivity contribution is 7.89. The number of hydrogen-bond donors (Lipinski definition) is 2. The van der Waals surface area contributed by atoms with Gasteiger partial charge in [-0.25, -0.2) is 13.4 Å². The molecule has 4 rings (SSSR count). The lowest BCUT2D eigenvalue weighted by Crippen LogP contribution is -2.49. The predicted octanol–water partition coefficient (Wildman–Crippen LogP) is 0.418. The molecular weight excluding hydrogens is 358 g/mol. The van der Waals surface area contributed by atoms with Crippen molar-refractivity contribution < 1.29 is 17.9 Å². The molecule has 2 aromatic rings. The molecule has 3 heterocycles. The fourth-order valence-electron chi connectivity index (χ4n) is 3.19. The van der Waals surface area contributed by atoms with Crippen LogP contribution in [0.4, 0.5) is 5.69 Å². The van der Waals surface area contributed by atoms with Crippen molar-refractivity contribution in [2.24, 2.45) is 0 Å². The lowest BCUT2D eigenvalue weighted by atomic mass is 10.2. The summed E-state index contributed by atoms with van der Waals surface area (Å²) in [5.74, 6) is 0.901. The van der Waals surface area contributed by atoms with E-state index in [1.165, 1.54) is 16.4 Å². The zero-order valence-corrected chi connectivity index (χ0v) is 15.0. The molecule has 138 valence electrons. The van der Waals surface area contributed by atoms with Gasteiger partial charge < -0.3 is 15.0 Å². The number of ether oxygens (including phenoxy) is 1. The third-order valence-corrected chi connectivity index (χ3v) is 6.53. The molecule has 1 atom stereocenters. The van der Waals surface area contributed by atoms with E-state index in [4.69, 9.17) is 4.74 Å². The molecule has 0 aliphatic carbocycles. The number of amides is 1. The van der Waals surface area contributed by atoms with Crippen LogP contribution in [-0.4, -0.2) is 66.8 Å². The average molecular weight is 377 g/mol. The van der Waals surface area contributed by atoms with E-state index in [-0.39, 0.29) is 23.5 Å². The number of benzene rings is 1. The molecule has 0 saturated carbocycles. The first kappa shape index (κ1) is 17.0. The van der Waals surface area contributed by atoms with Crippen LogP contribution >= 0.6 is 0 Å². The van der Waals surface area contributed by atoms with Crippen LogP contribution < -0.4 is 10.1 Å². The van der Waals surface area contributed by atoms with Gasteiger partial charge in [-0.3, -0.25) is 9.69 Å².